The van der Waals surface area contributed by atoms with Crippen molar-refractivity contribution in [3.63, 3.8) is 0 Å². The van der Waals surface area contributed by atoms with Crippen molar-refractivity contribution in [2.45, 2.75) is 59.0 Å². The summed E-state index contributed by atoms with van der Waals surface area (Å²) in [6, 6.07) is 0. The predicted octanol–water partition coefficient (Wildman–Crippen LogP) is 4.28. The monoisotopic (exact) mass is 282 g/mol. The van der Waals surface area contributed by atoms with Crippen LogP contribution in [0.4, 0.5) is 0 Å². The highest BCUT2D eigenvalue weighted by Gasteiger charge is 2.15. The number of hydrogen-bond donors (Lipinski definition) is 0. The molecular formula is C17H30O3. The van der Waals surface area contributed by atoms with Gasteiger partial charge >= 0.3 is 5.97 Å². The van der Waals surface area contributed by atoms with E-state index in [9.17, 15) is 4.79 Å². The van der Waals surface area contributed by atoms with E-state index < -0.39 is 0 Å². The summed E-state index contributed by atoms with van der Waals surface area (Å²) in [6.45, 7) is 8.40. The summed E-state index contributed by atoms with van der Waals surface area (Å²) >= 11 is 0. The van der Waals surface area contributed by atoms with Gasteiger partial charge < -0.3 is 9.47 Å². The van der Waals surface area contributed by atoms with Crippen LogP contribution < -0.4 is 0 Å². The molecule has 0 bridgehead atoms. The number of methoxy groups -OCH3 is 2. The van der Waals surface area contributed by atoms with Crippen molar-refractivity contribution in [2.75, 3.05) is 14.2 Å². The smallest absolute Gasteiger partial charge is 0.330 e. The van der Waals surface area contributed by atoms with E-state index >= 15 is 0 Å². The fraction of sp³-hybridized carbons (Fsp3) is 0.706. The molecule has 0 saturated carbocycles. The normalized spacial score (nSPS) is 14.6. The Morgan fingerprint density at radius 1 is 1.30 bits per heavy atom. The number of ether oxygens (including phenoxy) is 2. The second-order valence-electron chi connectivity index (χ2n) is 6.01. The number of carbonyl (C=O) groups is 1. The molecule has 0 radical (unpaired) electrons. The van der Waals surface area contributed by atoms with Crippen LogP contribution in [-0.4, -0.2) is 25.8 Å². The molecule has 0 N–H and O–H groups in total. The Bertz CT molecular complexity index is 340. The van der Waals surface area contributed by atoms with E-state index in [0.717, 1.165) is 18.4 Å². The number of rotatable bonds is 9. The van der Waals surface area contributed by atoms with Crippen molar-refractivity contribution < 1.29 is 14.3 Å². The maximum atomic E-state index is 11.0. The fourth-order valence-corrected chi connectivity index (χ4v) is 1.88. The number of hydrogen-bond acceptors (Lipinski definition) is 3. The molecule has 3 heteroatoms. The second-order valence-corrected chi connectivity index (χ2v) is 6.01. The van der Waals surface area contributed by atoms with Crippen LogP contribution in [0.5, 0.6) is 0 Å². The highest BCUT2D eigenvalue weighted by molar-refractivity contribution is 5.83. The Hall–Kier alpha value is -1.09. The first kappa shape index (κ1) is 18.9. The van der Waals surface area contributed by atoms with Gasteiger partial charge in [-0.25, -0.2) is 4.79 Å². The van der Waals surface area contributed by atoms with Crippen LogP contribution in [0.15, 0.2) is 23.8 Å². The Balaban J connectivity index is 3.96. The van der Waals surface area contributed by atoms with Crippen LogP contribution in [0.25, 0.3) is 0 Å². The summed E-state index contributed by atoms with van der Waals surface area (Å²) in [6.07, 6.45) is 10.1. The lowest BCUT2D eigenvalue weighted by atomic mass is 9.95. The molecule has 0 aromatic carbocycles. The van der Waals surface area contributed by atoms with Gasteiger partial charge in [0.1, 0.15) is 0 Å². The molecule has 0 fully saturated rings. The summed E-state index contributed by atoms with van der Waals surface area (Å²) in [5.41, 5.74) is 0.902. The Kier molecular flexibility index (Phi) is 9.23. The summed E-state index contributed by atoms with van der Waals surface area (Å²) in [4.78, 5) is 11.0. The molecule has 0 saturated heterocycles. The molecule has 116 valence electrons. The third kappa shape index (κ3) is 9.79. The minimum absolute atomic E-state index is 0.0185. The van der Waals surface area contributed by atoms with Crippen LogP contribution in [0.1, 0.15) is 53.4 Å². The molecule has 0 amide bonds. The molecule has 3 nitrogen and oxygen atoms in total. The van der Waals surface area contributed by atoms with Crippen LogP contribution >= 0.6 is 0 Å². The number of allylic oxidation sites excluding steroid dienone is 3. The van der Waals surface area contributed by atoms with Crippen LogP contribution in [0.3, 0.4) is 0 Å². The lowest BCUT2D eigenvalue weighted by Gasteiger charge is -2.23. The lowest BCUT2D eigenvalue weighted by molar-refractivity contribution is -0.134. The zero-order chi connectivity index (χ0) is 15.6. The number of esters is 1. The van der Waals surface area contributed by atoms with Gasteiger partial charge in [-0.05, 0) is 45.1 Å². The quantitative estimate of drug-likeness (QED) is 0.359. The minimum atomic E-state index is -0.304. The van der Waals surface area contributed by atoms with Gasteiger partial charge in [-0.3, -0.25) is 0 Å². The summed E-state index contributed by atoms with van der Waals surface area (Å²) < 4.78 is 10.00. The molecular weight excluding hydrogens is 252 g/mol. The maximum absolute atomic E-state index is 11.0. The fourth-order valence-electron chi connectivity index (χ4n) is 1.88. The highest BCUT2D eigenvalue weighted by atomic mass is 16.5. The Labute approximate surface area is 124 Å². The molecule has 0 rings (SSSR count). The van der Waals surface area contributed by atoms with Crippen molar-refractivity contribution in [3.05, 3.63) is 23.8 Å². The number of carbonyl (C=O) groups excluding carboxylic acids is 1. The van der Waals surface area contributed by atoms with Gasteiger partial charge in [0.2, 0.25) is 0 Å². The largest absolute Gasteiger partial charge is 0.466 e. The van der Waals surface area contributed by atoms with Gasteiger partial charge in [-0.2, -0.15) is 0 Å². The topological polar surface area (TPSA) is 35.5 Å². The molecule has 0 aromatic rings. The van der Waals surface area contributed by atoms with Gasteiger partial charge in [0, 0.05) is 13.2 Å². The molecule has 0 aromatic heterocycles. The van der Waals surface area contributed by atoms with Gasteiger partial charge in [0.05, 0.1) is 12.7 Å². The van der Waals surface area contributed by atoms with E-state index in [1.54, 1.807) is 7.11 Å². The van der Waals surface area contributed by atoms with E-state index in [0.29, 0.717) is 5.92 Å². The molecule has 0 spiro atoms. The SMILES string of the molecule is COC(=O)/C=C(C)/C=C/CC(C)CCCC(C)(C)OC. The predicted molar refractivity (Wildman–Crippen MR) is 83.6 cm³/mol. The average molecular weight is 282 g/mol. The zero-order valence-electron chi connectivity index (χ0n) is 13.9. The van der Waals surface area contributed by atoms with E-state index in [1.165, 1.54) is 26.0 Å². The van der Waals surface area contributed by atoms with Crippen molar-refractivity contribution in [3.8, 4) is 0 Å². The summed E-state index contributed by atoms with van der Waals surface area (Å²) in [5.74, 6) is 0.340. The molecule has 1 unspecified atom stereocenters. The van der Waals surface area contributed by atoms with Crippen molar-refractivity contribution in [1.29, 1.82) is 0 Å². The van der Waals surface area contributed by atoms with Crippen LogP contribution in [0.2, 0.25) is 0 Å². The van der Waals surface area contributed by atoms with E-state index in [4.69, 9.17) is 4.74 Å². The average Bonchev–Trinajstić information content (AvgIpc) is 2.38. The first-order valence-corrected chi connectivity index (χ1v) is 7.28. The summed E-state index contributed by atoms with van der Waals surface area (Å²) in [7, 11) is 3.15. The Morgan fingerprint density at radius 2 is 1.95 bits per heavy atom. The molecule has 20 heavy (non-hydrogen) atoms. The molecule has 1 atom stereocenters. The van der Waals surface area contributed by atoms with Crippen molar-refractivity contribution in [1.82, 2.24) is 0 Å². The first-order chi connectivity index (χ1) is 9.30. The molecule has 0 heterocycles. The van der Waals surface area contributed by atoms with Gasteiger partial charge in [-0.15, -0.1) is 0 Å². The Morgan fingerprint density at radius 3 is 2.50 bits per heavy atom. The summed E-state index contributed by atoms with van der Waals surface area (Å²) in [5, 5.41) is 0. The molecule has 0 aliphatic heterocycles. The first-order valence-electron chi connectivity index (χ1n) is 7.28. The maximum Gasteiger partial charge on any atom is 0.330 e. The standard InChI is InChI=1S/C17H30O3/c1-14(11-8-12-17(3,4)20-6)9-7-10-15(2)13-16(18)19-5/h7,10,13-14H,8-9,11-12H2,1-6H3/b10-7+,15-13+. The lowest BCUT2D eigenvalue weighted by Crippen LogP contribution is -2.22. The second kappa shape index (κ2) is 9.76. The van der Waals surface area contributed by atoms with Crippen molar-refractivity contribution in [2.24, 2.45) is 5.92 Å². The van der Waals surface area contributed by atoms with E-state index in [2.05, 4.69) is 31.6 Å². The van der Waals surface area contributed by atoms with Gasteiger partial charge in [0.25, 0.3) is 0 Å². The third-order valence-corrected chi connectivity index (χ3v) is 3.49. The highest BCUT2D eigenvalue weighted by Crippen LogP contribution is 2.20. The molecule has 0 aliphatic rings. The van der Waals surface area contributed by atoms with Crippen LogP contribution in [0, 0.1) is 5.92 Å². The minimum Gasteiger partial charge on any atom is -0.466 e. The van der Waals surface area contributed by atoms with Gasteiger partial charge in [0.15, 0.2) is 0 Å². The van der Waals surface area contributed by atoms with E-state index in [1.807, 2.05) is 13.0 Å². The molecule has 0 aliphatic carbocycles. The van der Waals surface area contributed by atoms with Crippen molar-refractivity contribution >= 4 is 5.97 Å². The third-order valence-electron chi connectivity index (χ3n) is 3.49. The van der Waals surface area contributed by atoms with E-state index in [-0.39, 0.29) is 11.6 Å². The van der Waals surface area contributed by atoms with Crippen LogP contribution in [-0.2, 0) is 14.3 Å². The van der Waals surface area contributed by atoms with Gasteiger partial charge in [-0.1, -0.05) is 31.9 Å². The zero-order valence-corrected chi connectivity index (χ0v) is 13.9.